The lowest BCUT2D eigenvalue weighted by Gasteiger charge is -2.11. The van der Waals surface area contributed by atoms with Crippen molar-refractivity contribution < 1.29 is 14.4 Å². The third kappa shape index (κ3) is 3.33. The van der Waals surface area contributed by atoms with Crippen molar-refractivity contribution in [1.29, 1.82) is 5.26 Å². The molecule has 0 saturated heterocycles. The molecule has 0 aliphatic rings. The van der Waals surface area contributed by atoms with Crippen molar-refractivity contribution in [3.8, 4) is 34.7 Å². The van der Waals surface area contributed by atoms with Gasteiger partial charge < -0.3 is 19.4 Å². The molecule has 2 heterocycles. The Bertz CT molecular complexity index is 1180. The minimum atomic E-state index is -0.0475. The third-order valence-corrected chi connectivity index (χ3v) is 4.24. The molecule has 0 saturated carbocycles. The molecule has 7 heteroatoms. The van der Waals surface area contributed by atoms with E-state index in [9.17, 15) is 10.4 Å². The highest BCUT2D eigenvalue weighted by Crippen LogP contribution is 2.29. The van der Waals surface area contributed by atoms with Gasteiger partial charge in [-0.3, -0.25) is 0 Å². The summed E-state index contributed by atoms with van der Waals surface area (Å²) >= 11 is 0. The third-order valence-electron chi connectivity index (χ3n) is 4.24. The van der Waals surface area contributed by atoms with Crippen molar-refractivity contribution >= 4 is 10.9 Å². The van der Waals surface area contributed by atoms with Gasteiger partial charge in [-0.25, -0.2) is 0 Å². The van der Waals surface area contributed by atoms with E-state index >= 15 is 0 Å². The number of nitrogens with one attached hydrogen (secondary N) is 1. The molecule has 7 nitrogen and oxygen atoms in total. The summed E-state index contributed by atoms with van der Waals surface area (Å²) in [7, 11) is 0. The van der Waals surface area contributed by atoms with Crippen LogP contribution >= 0.6 is 0 Å². The second-order valence-electron chi connectivity index (χ2n) is 6.67. The van der Waals surface area contributed by atoms with Crippen LogP contribution in [0.3, 0.4) is 0 Å². The first-order valence-electron chi connectivity index (χ1n) is 8.85. The van der Waals surface area contributed by atoms with Crippen molar-refractivity contribution in [2.24, 2.45) is 0 Å². The lowest BCUT2D eigenvalue weighted by atomic mass is 10.1. The zero-order valence-electron chi connectivity index (χ0n) is 15.4. The summed E-state index contributed by atoms with van der Waals surface area (Å²) in [4.78, 5) is 7.59. The fourth-order valence-corrected chi connectivity index (χ4v) is 2.98. The Morgan fingerprint density at radius 3 is 2.75 bits per heavy atom. The lowest BCUT2D eigenvalue weighted by Crippen LogP contribution is -2.06. The summed E-state index contributed by atoms with van der Waals surface area (Å²) in [6.07, 6.45) is -0.0253. The van der Waals surface area contributed by atoms with E-state index in [1.165, 1.54) is 0 Å². The second-order valence-corrected chi connectivity index (χ2v) is 6.67. The molecule has 0 spiro atoms. The number of benzene rings is 2. The Kier molecular flexibility index (Phi) is 4.55. The zero-order chi connectivity index (χ0) is 19.7. The van der Waals surface area contributed by atoms with Gasteiger partial charge in [0.05, 0.1) is 18.3 Å². The largest absolute Gasteiger partial charge is 0.490 e. The maximum atomic E-state index is 9.39. The average molecular weight is 374 g/mol. The summed E-state index contributed by atoms with van der Waals surface area (Å²) in [5.74, 6) is 1.30. The van der Waals surface area contributed by atoms with E-state index in [2.05, 4.69) is 21.2 Å². The highest BCUT2D eigenvalue weighted by Gasteiger charge is 2.14. The number of ether oxygens (including phenoxy) is 1. The van der Waals surface area contributed by atoms with E-state index < -0.39 is 0 Å². The Balaban J connectivity index is 1.67. The van der Waals surface area contributed by atoms with Gasteiger partial charge in [0.2, 0.25) is 5.82 Å². The molecule has 2 aromatic heterocycles. The number of hydrogen-bond acceptors (Lipinski definition) is 6. The number of aromatic nitrogens is 3. The minimum Gasteiger partial charge on any atom is -0.490 e. The Morgan fingerprint density at radius 2 is 2.00 bits per heavy atom. The quantitative estimate of drug-likeness (QED) is 0.546. The van der Waals surface area contributed by atoms with E-state index in [0.29, 0.717) is 28.6 Å². The van der Waals surface area contributed by atoms with Crippen LogP contribution < -0.4 is 4.74 Å². The van der Waals surface area contributed by atoms with E-state index in [4.69, 9.17) is 9.26 Å². The number of hydrogen-bond donors (Lipinski definition) is 2. The van der Waals surface area contributed by atoms with Crippen LogP contribution in [0.4, 0.5) is 0 Å². The highest BCUT2D eigenvalue weighted by molar-refractivity contribution is 5.84. The molecular formula is C21H18N4O3. The van der Waals surface area contributed by atoms with Gasteiger partial charge in [-0.15, -0.1) is 0 Å². The van der Waals surface area contributed by atoms with Gasteiger partial charge >= 0.3 is 0 Å². The van der Waals surface area contributed by atoms with Crippen LogP contribution in [0.15, 0.2) is 47.0 Å². The van der Waals surface area contributed by atoms with Crippen LogP contribution in [0.5, 0.6) is 5.75 Å². The topological polar surface area (TPSA) is 108 Å². The van der Waals surface area contributed by atoms with Gasteiger partial charge in [0.15, 0.2) is 0 Å². The molecule has 0 bridgehead atoms. The maximum Gasteiger partial charge on any atom is 0.258 e. The number of aliphatic hydroxyl groups excluding tert-OH is 1. The zero-order valence-corrected chi connectivity index (χ0v) is 15.4. The normalized spacial score (nSPS) is 11.1. The van der Waals surface area contributed by atoms with Gasteiger partial charge in [-0.05, 0) is 56.3 Å². The van der Waals surface area contributed by atoms with Crippen LogP contribution in [0, 0.1) is 11.3 Å². The first-order valence-corrected chi connectivity index (χ1v) is 8.85. The SMILES string of the molecule is CC(C)Oc1ccc(-c2nc(-c3ccc4[nH]c(CO)cc4c3)no2)cc1C#N. The molecule has 0 atom stereocenters. The predicted octanol–water partition coefficient (Wildman–Crippen LogP) is 4.04. The van der Waals surface area contributed by atoms with E-state index in [1.807, 2.05) is 38.1 Å². The molecular weight excluding hydrogens is 356 g/mol. The van der Waals surface area contributed by atoms with Gasteiger partial charge in [0.25, 0.3) is 5.89 Å². The summed E-state index contributed by atoms with van der Waals surface area (Å²) in [5, 5.41) is 23.7. The van der Waals surface area contributed by atoms with E-state index in [1.54, 1.807) is 18.2 Å². The summed E-state index contributed by atoms with van der Waals surface area (Å²) in [6, 6.07) is 14.9. The van der Waals surface area contributed by atoms with Crippen LogP contribution in [0.1, 0.15) is 25.1 Å². The number of H-pyrrole nitrogens is 1. The average Bonchev–Trinajstić information content (AvgIpc) is 3.34. The smallest absolute Gasteiger partial charge is 0.258 e. The Hall–Kier alpha value is -3.63. The summed E-state index contributed by atoms with van der Waals surface area (Å²) < 4.78 is 11.0. The number of nitriles is 1. The fourth-order valence-electron chi connectivity index (χ4n) is 2.98. The van der Waals surface area contributed by atoms with Crippen LogP contribution in [-0.4, -0.2) is 26.3 Å². The molecule has 0 aliphatic heterocycles. The number of aromatic amines is 1. The number of nitrogens with zero attached hydrogens (tertiary/aromatic N) is 3. The first-order chi connectivity index (χ1) is 13.6. The molecule has 0 fully saturated rings. The van der Waals surface area contributed by atoms with Crippen molar-refractivity contribution in [1.82, 2.24) is 15.1 Å². The fraction of sp³-hybridized carbons (Fsp3) is 0.190. The lowest BCUT2D eigenvalue weighted by molar-refractivity contribution is 0.241. The Morgan fingerprint density at radius 1 is 1.18 bits per heavy atom. The number of aliphatic hydroxyl groups is 1. The molecule has 2 aromatic carbocycles. The van der Waals surface area contributed by atoms with Crippen molar-refractivity contribution in [3.63, 3.8) is 0 Å². The minimum absolute atomic E-state index is 0.0253. The van der Waals surface area contributed by atoms with Gasteiger partial charge in [0.1, 0.15) is 11.8 Å². The molecule has 0 amide bonds. The molecule has 28 heavy (non-hydrogen) atoms. The molecule has 0 radical (unpaired) electrons. The van der Waals surface area contributed by atoms with Crippen LogP contribution in [-0.2, 0) is 6.61 Å². The molecule has 2 N–H and O–H groups in total. The van der Waals surface area contributed by atoms with Crippen molar-refractivity contribution in [3.05, 3.63) is 53.7 Å². The molecule has 0 aliphatic carbocycles. The summed E-state index contributed by atoms with van der Waals surface area (Å²) in [6.45, 7) is 3.77. The molecule has 4 aromatic rings. The standard InChI is InChI=1S/C21H18N4O3/c1-12(2)27-19-6-4-14(8-16(19)10-22)21-24-20(25-28-21)13-3-5-18-15(7-13)9-17(11-26)23-18/h3-9,12,23,26H,11H2,1-2H3. The van der Waals surface area contributed by atoms with Crippen molar-refractivity contribution in [2.45, 2.75) is 26.6 Å². The van der Waals surface area contributed by atoms with E-state index in [0.717, 1.165) is 22.2 Å². The molecule has 0 unspecified atom stereocenters. The van der Waals surface area contributed by atoms with Gasteiger partial charge in [-0.1, -0.05) is 5.16 Å². The van der Waals surface area contributed by atoms with E-state index in [-0.39, 0.29) is 12.7 Å². The van der Waals surface area contributed by atoms with Gasteiger partial charge in [0, 0.05) is 27.7 Å². The highest BCUT2D eigenvalue weighted by atomic mass is 16.5. The van der Waals surface area contributed by atoms with Crippen LogP contribution in [0.25, 0.3) is 33.7 Å². The van der Waals surface area contributed by atoms with Crippen molar-refractivity contribution in [2.75, 3.05) is 0 Å². The first kappa shape index (κ1) is 17.8. The molecule has 4 rings (SSSR count). The summed E-state index contributed by atoms with van der Waals surface area (Å²) in [5.41, 5.74) is 3.53. The molecule has 140 valence electrons. The second kappa shape index (κ2) is 7.18. The van der Waals surface area contributed by atoms with Crippen LogP contribution in [0.2, 0.25) is 0 Å². The maximum absolute atomic E-state index is 9.39. The van der Waals surface area contributed by atoms with Gasteiger partial charge in [-0.2, -0.15) is 10.2 Å². The Labute approximate surface area is 161 Å². The monoisotopic (exact) mass is 374 g/mol. The predicted molar refractivity (Wildman–Crippen MR) is 103 cm³/mol. The number of fused-ring (bicyclic) bond motifs is 1. The number of rotatable bonds is 5.